The highest BCUT2D eigenvalue weighted by Crippen LogP contribution is 2.27. The van der Waals surface area contributed by atoms with Crippen molar-refractivity contribution in [3.8, 4) is 11.5 Å². The molecule has 3 N–H and O–H groups in total. The lowest BCUT2D eigenvalue weighted by atomic mass is 10.0. The van der Waals surface area contributed by atoms with Gasteiger partial charge in [-0.25, -0.2) is 0 Å². The minimum Gasteiger partial charge on any atom is -0.493 e. The molecule has 8 nitrogen and oxygen atoms in total. The van der Waals surface area contributed by atoms with Crippen molar-refractivity contribution in [1.82, 2.24) is 10.6 Å². The molecule has 1 fully saturated rings. The molecule has 3 rings (SSSR count). The van der Waals surface area contributed by atoms with Crippen LogP contribution in [0.15, 0.2) is 48.5 Å². The highest BCUT2D eigenvalue weighted by Gasteiger charge is 2.36. The van der Waals surface area contributed by atoms with E-state index < -0.39 is 12.2 Å². The van der Waals surface area contributed by atoms with Crippen LogP contribution in [0.1, 0.15) is 20.7 Å². The van der Waals surface area contributed by atoms with Gasteiger partial charge < -0.3 is 30.0 Å². The van der Waals surface area contributed by atoms with Crippen molar-refractivity contribution in [1.29, 1.82) is 0 Å². The number of carbonyl (C=O) groups is 2. The zero-order chi connectivity index (χ0) is 21.5. The smallest absolute Gasteiger partial charge is 0.251 e. The number of aliphatic hydroxyl groups excluding tert-OH is 1. The van der Waals surface area contributed by atoms with E-state index in [2.05, 4.69) is 10.6 Å². The van der Waals surface area contributed by atoms with Gasteiger partial charge in [0.2, 0.25) is 0 Å². The summed E-state index contributed by atoms with van der Waals surface area (Å²) in [4.78, 5) is 24.6. The van der Waals surface area contributed by atoms with E-state index >= 15 is 0 Å². The van der Waals surface area contributed by atoms with Crippen LogP contribution >= 0.6 is 0 Å². The molecular formula is C22H26N2O6. The lowest BCUT2D eigenvalue weighted by Gasteiger charge is -2.18. The summed E-state index contributed by atoms with van der Waals surface area (Å²) in [6.07, 6.45) is -1.35. The molecule has 0 unspecified atom stereocenters. The number of nitrogens with one attached hydrogen (secondary N) is 2. The fourth-order valence-electron chi connectivity index (χ4n) is 3.30. The molecule has 1 saturated heterocycles. The molecule has 0 aliphatic carbocycles. The summed E-state index contributed by atoms with van der Waals surface area (Å²) < 4.78 is 16.0. The quantitative estimate of drug-likeness (QED) is 0.600. The number of amides is 2. The second-order valence-electron chi connectivity index (χ2n) is 6.98. The molecule has 0 bridgehead atoms. The van der Waals surface area contributed by atoms with E-state index in [9.17, 15) is 14.7 Å². The van der Waals surface area contributed by atoms with E-state index in [-0.39, 0.29) is 30.8 Å². The van der Waals surface area contributed by atoms with Crippen LogP contribution in [0.3, 0.4) is 0 Å². The summed E-state index contributed by atoms with van der Waals surface area (Å²) in [5, 5.41) is 16.1. The molecule has 160 valence electrons. The van der Waals surface area contributed by atoms with Crippen molar-refractivity contribution < 1.29 is 28.9 Å². The Kier molecular flexibility index (Phi) is 7.26. The zero-order valence-corrected chi connectivity index (χ0v) is 17.0. The Morgan fingerprint density at radius 1 is 0.967 bits per heavy atom. The van der Waals surface area contributed by atoms with Gasteiger partial charge in [0.1, 0.15) is 6.10 Å². The molecule has 8 heteroatoms. The van der Waals surface area contributed by atoms with Crippen molar-refractivity contribution in [2.24, 2.45) is 5.92 Å². The molecule has 2 aromatic rings. The van der Waals surface area contributed by atoms with E-state index in [1.54, 1.807) is 42.5 Å². The second kappa shape index (κ2) is 10.1. The molecule has 2 amide bonds. The predicted molar refractivity (Wildman–Crippen MR) is 110 cm³/mol. The molecule has 2 aromatic carbocycles. The topological polar surface area (TPSA) is 106 Å². The van der Waals surface area contributed by atoms with Crippen LogP contribution in [0.4, 0.5) is 0 Å². The van der Waals surface area contributed by atoms with Crippen LogP contribution in [-0.2, 0) is 4.74 Å². The molecule has 1 heterocycles. The molecular weight excluding hydrogens is 388 g/mol. The number of hydrogen-bond acceptors (Lipinski definition) is 6. The van der Waals surface area contributed by atoms with Gasteiger partial charge in [-0.1, -0.05) is 18.2 Å². The Bertz CT molecular complexity index is 873. The maximum atomic E-state index is 12.4. The monoisotopic (exact) mass is 414 g/mol. The van der Waals surface area contributed by atoms with Gasteiger partial charge in [0.05, 0.1) is 26.9 Å². The zero-order valence-electron chi connectivity index (χ0n) is 17.0. The fourth-order valence-corrected chi connectivity index (χ4v) is 3.30. The minimum absolute atomic E-state index is 0.150. The first-order chi connectivity index (χ1) is 14.5. The summed E-state index contributed by atoms with van der Waals surface area (Å²) in [5.74, 6) is 0.224. The van der Waals surface area contributed by atoms with Gasteiger partial charge >= 0.3 is 0 Å². The number of ether oxygens (including phenoxy) is 3. The molecule has 0 radical (unpaired) electrons. The Hall–Kier alpha value is -3.10. The molecule has 0 aromatic heterocycles. The van der Waals surface area contributed by atoms with E-state index in [4.69, 9.17) is 14.2 Å². The third-order valence-electron chi connectivity index (χ3n) is 5.06. The fraction of sp³-hybridized carbons (Fsp3) is 0.364. The highest BCUT2D eigenvalue weighted by atomic mass is 16.5. The third kappa shape index (κ3) is 5.08. The van der Waals surface area contributed by atoms with Crippen molar-refractivity contribution in [2.75, 3.05) is 33.9 Å². The van der Waals surface area contributed by atoms with Crippen LogP contribution in [0.5, 0.6) is 11.5 Å². The van der Waals surface area contributed by atoms with Gasteiger partial charge in [-0.2, -0.15) is 0 Å². The lowest BCUT2D eigenvalue weighted by Crippen LogP contribution is -2.41. The number of methoxy groups -OCH3 is 2. The molecule has 0 saturated carbocycles. The van der Waals surface area contributed by atoms with Gasteiger partial charge in [0.25, 0.3) is 11.8 Å². The van der Waals surface area contributed by atoms with Crippen molar-refractivity contribution in [3.63, 3.8) is 0 Å². The van der Waals surface area contributed by atoms with Crippen molar-refractivity contribution in [3.05, 3.63) is 59.7 Å². The number of benzene rings is 2. The van der Waals surface area contributed by atoms with E-state index in [0.29, 0.717) is 29.2 Å². The second-order valence-corrected chi connectivity index (χ2v) is 6.98. The SMILES string of the molecule is COc1ccc(C(=O)NC[C@H]2OC[C@@H](CNC(=O)c3ccccc3)[C@@H]2O)cc1OC. The minimum atomic E-state index is -0.799. The first kappa shape index (κ1) is 21.6. The molecule has 1 aliphatic heterocycles. The first-order valence-electron chi connectivity index (χ1n) is 9.66. The number of carbonyl (C=O) groups excluding carboxylic acids is 2. The number of hydrogen-bond donors (Lipinski definition) is 3. The molecule has 3 atom stereocenters. The van der Waals surface area contributed by atoms with Crippen LogP contribution in [0, 0.1) is 5.92 Å². The standard InChI is InChI=1S/C22H26N2O6/c1-28-17-9-8-15(10-18(17)29-2)22(27)24-12-19-20(25)16(13-30-19)11-23-21(26)14-6-4-3-5-7-14/h3-10,16,19-20,25H,11-13H2,1-2H3,(H,23,26)(H,24,27)/t16-,19-,20+/m1/s1. The predicted octanol–water partition coefficient (Wildman–Crippen LogP) is 1.24. The molecule has 1 aliphatic rings. The van der Waals surface area contributed by atoms with E-state index in [1.165, 1.54) is 14.2 Å². The summed E-state index contributed by atoms with van der Waals surface area (Å²) in [6, 6.07) is 13.7. The third-order valence-corrected chi connectivity index (χ3v) is 5.06. The normalized spacial score (nSPS) is 20.4. The van der Waals surface area contributed by atoms with Crippen LogP contribution in [0.25, 0.3) is 0 Å². The maximum Gasteiger partial charge on any atom is 0.251 e. The Morgan fingerprint density at radius 2 is 1.63 bits per heavy atom. The number of aliphatic hydroxyl groups is 1. The van der Waals surface area contributed by atoms with Crippen LogP contribution in [-0.4, -0.2) is 63.0 Å². The van der Waals surface area contributed by atoms with E-state index in [0.717, 1.165) is 0 Å². The summed E-state index contributed by atoms with van der Waals surface area (Å²) in [5.41, 5.74) is 0.969. The van der Waals surface area contributed by atoms with Crippen molar-refractivity contribution in [2.45, 2.75) is 12.2 Å². The lowest BCUT2D eigenvalue weighted by molar-refractivity contribution is 0.0384. The summed E-state index contributed by atoms with van der Waals surface area (Å²) in [7, 11) is 3.02. The molecule has 0 spiro atoms. The van der Waals surface area contributed by atoms with Crippen LogP contribution < -0.4 is 20.1 Å². The maximum absolute atomic E-state index is 12.4. The van der Waals surface area contributed by atoms with Gasteiger partial charge in [-0.15, -0.1) is 0 Å². The first-order valence-corrected chi connectivity index (χ1v) is 9.66. The highest BCUT2D eigenvalue weighted by molar-refractivity contribution is 5.95. The van der Waals surface area contributed by atoms with Gasteiger partial charge in [0.15, 0.2) is 11.5 Å². The van der Waals surface area contributed by atoms with Gasteiger partial charge in [-0.05, 0) is 30.3 Å². The summed E-state index contributed by atoms with van der Waals surface area (Å²) in [6.45, 7) is 0.736. The van der Waals surface area contributed by atoms with E-state index in [1.807, 2.05) is 6.07 Å². The van der Waals surface area contributed by atoms with Crippen molar-refractivity contribution >= 4 is 11.8 Å². The Morgan fingerprint density at radius 3 is 2.33 bits per heavy atom. The Labute approximate surface area is 175 Å². The van der Waals surface area contributed by atoms with Gasteiger partial charge in [-0.3, -0.25) is 9.59 Å². The Balaban J connectivity index is 1.49. The average Bonchev–Trinajstić information content (AvgIpc) is 3.15. The average molecular weight is 414 g/mol. The van der Waals surface area contributed by atoms with Crippen LogP contribution in [0.2, 0.25) is 0 Å². The number of rotatable bonds is 8. The molecule has 30 heavy (non-hydrogen) atoms. The largest absolute Gasteiger partial charge is 0.493 e. The summed E-state index contributed by atoms with van der Waals surface area (Å²) >= 11 is 0. The van der Waals surface area contributed by atoms with Gasteiger partial charge in [0, 0.05) is 30.1 Å².